The molecule has 0 bridgehead atoms. The lowest BCUT2D eigenvalue weighted by atomic mass is 10.1. The number of carbonyl (C=O) groups is 1. The maximum atomic E-state index is 10.9. The molecule has 4 heteroatoms. The molecule has 4 nitrogen and oxygen atoms in total. The van der Waals surface area contributed by atoms with E-state index in [0.29, 0.717) is 0 Å². The van der Waals surface area contributed by atoms with Crippen LogP contribution in [0.1, 0.15) is 49.3 Å². The first-order chi connectivity index (χ1) is 14.6. The van der Waals surface area contributed by atoms with Crippen LogP contribution in [0.3, 0.4) is 0 Å². The van der Waals surface area contributed by atoms with Crippen LogP contribution in [0.25, 0.3) is 6.08 Å². The molecule has 1 aliphatic rings. The van der Waals surface area contributed by atoms with E-state index in [1.807, 2.05) is 12.1 Å². The second-order valence-corrected chi connectivity index (χ2v) is 7.62. The second kappa shape index (κ2) is 10.5. The van der Waals surface area contributed by atoms with Crippen LogP contribution in [0.4, 0.5) is 11.4 Å². The molecule has 0 saturated carbocycles. The number of hydrogen-bond acceptors (Lipinski definition) is 3. The number of aliphatic carboxylic acids is 1. The molecule has 1 aliphatic heterocycles. The van der Waals surface area contributed by atoms with Crippen LogP contribution in [0.2, 0.25) is 0 Å². The van der Waals surface area contributed by atoms with Crippen molar-refractivity contribution in [3.8, 4) is 6.07 Å². The Morgan fingerprint density at radius 2 is 1.97 bits per heavy atom. The Morgan fingerprint density at radius 1 is 1.17 bits per heavy atom. The predicted octanol–water partition coefficient (Wildman–Crippen LogP) is 6.05. The highest BCUT2D eigenvalue weighted by atomic mass is 16.4. The van der Waals surface area contributed by atoms with Crippen LogP contribution < -0.4 is 4.90 Å². The molecule has 30 heavy (non-hydrogen) atoms. The summed E-state index contributed by atoms with van der Waals surface area (Å²) < 4.78 is 0. The minimum atomic E-state index is -1.21. The molecule has 2 aromatic carbocycles. The number of hydrogen-bond donors (Lipinski definition) is 1. The summed E-state index contributed by atoms with van der Waals surface area (Å²) in [6, 6.07) is 16.9. The third-order valence-corrected chi connectivity index (χ3v) is 5.47. The highest BCUT2D eigenvalue weighted by Crippen LogP contribution is 2.35. The Labute approximate surface area is 178 Å². The van der Waals surface area contributed by atoms with Crippen molar-refractivity contribution in [3.63, 3.8) is 0 Å². The monoisotopic (exact) mass is 400 g/mol. The minimum Gasteiger partial charge on any atom is -0.477 e. The number of carboxylic acids is 1. The van der Waals surface area contributed by atoms with Gasteiger partial charge in [0.25, 0.3) is 0 Å². The van der Waals surface area contributed by atoms with E-state index in [4.69, 9.17) is 10.4 Å². The zero-order chi connectivity index (χ0) is 21.3. The molecule has 0 aromatic heterocycles. The summed E-state index contributed by atoms with van der Waals surface area (Å²) >= 11 is 0. The molecule has 0 unspecified atom stereocenters. The number of benzene rings is 2. The van der Waals surface area contributed by atoms with Crippen molar-refractivity contribution in [2.24, 2.45) is 0 Å². The maximum Gasteiger partial charge on any atom is 0.346 e. The van der Waals surface area contributed by atoms with E-state index in [1.165, 1.54) is 54.3 Å². The van der Waals surface area contributed by atoms with Gasteiger partial charge in [0.2, 0.25) is 0 Å². The predicted molar refractivity (Wildman–Crippen MR) is 122 cm³/mol. The number of nitrogens with zero attached hydrogens (tertiary/aromatic N) is 2. The molecule has 0 radical (unpaired) electrons. The van der Waals surface area contributed by atoms with Gasteiger partial charge in [-0.05, 0) is 66.3 Å². The summed E-state index contributed by atoms with van der Waals surface area (Å²) in [6.07, 6.45) is 12.0. The van der Waals surface area contributed by atoms with Crippen molar-refractivity contribution in [1.82, 2.24) is 0 Å². The third kappa shape index (κ3) is 5.39. The van der Waals surface area contributed by atoms with Crippen molar-refractivity contribution in [2.45, 2.75) is 45.4 Å². The summed E-state index contributed by atoms with van der Waals surface area (Å²) in [5.74, 6) is -1.21. The van der Waals surface area contributed by atoms with Crippen LogP contribution in [0.5, 0.6) is 0 Å². The van der Waals surface area contributed by atoms with E-state index < -0.39 is 5.97 Å². The summed E-state index contributed by atoms with van der Waals surface area (Å²) in [7, 11) is 0. The molecule has 2 aromatic rings. The summed E-state index contributed by atoms with van der Waals surface area (Å²) in [6.45, 7) is 3.19. The Balaban J connectivity index is 1.67. The lowest BCUT2D eigenvalue weighted by Crippen LogP contribution is -2.13. The van der Waals surface area contributed by atoms with E-state index in [-0.39, 0.29) is 5.57 Å². The van der Waals surface area contributed by atoms with Gasteiger partial charge < -0.3 is 10.0 Å². The van der Waals surface area contributed by atoms with Crippen molar-refractivity contribution in [3.05, 3.63) is 76.9 Å². The fourth-order valence-corrected chi connectivity index (χ4v) is 3.80. The lowest BCUT2D eigenvalue weighted by Gasteiger charge is -2.20. The number of allylic oxidation sites excluding steroid dienone is 2. The van der Waals surface area contributed by atoms with Crippen LogP contribution in [0, 0.1) is 11.3 Å². The van der Waals surface area contributed by atoms with Gasteiger partial charge in [0.05, 0.1) is 0 Å². The zero-order valence-corrected chi connectivity index (χ0v) is 17.5. The fraction of sp³-hybridized carbons (Fsp3) is 0.308. The second-order valence-electron chi connectivity index (χ2n) is 7.62. The molecule has 0 fully saturated rings. The standard InChI is InChI=1S/C26H28N2O2/c1-2-3-4-5-7-20-10-13-24(14-11-20)28-17-16-22-18-21(12-15-25(22)28)8-6-9-23(19-27)26(29)30/h6,8-15,18H,2-5,7,16-17H2,1H3,(H,29,30)/b8-6+,23-9+. The van der Waals surface area contributed by atoms with Gasteiger partial charge in [-0.25, -0.2) is 4.79 Å². The number of rotatable bonds is 9. The SMILES string of the molecule is CCCCCCc1ccc(N2CCc3cc(/C=C/C=C(\C#N)C(=O)O)ccc32)cc1. The first kappa shape index (κ1) is 21.4. The Bertz CT molecular complexity index is 981. The summed E-state index contributed by atoms with van der Waals surface area (Å²) in [5, 5.41) is 17.7. The lowest BCUT2D eigenvalue weighted by molar-refractivity contribution is -0.132. The molecular weight excluding hydrogens is 372 g/mol. The zero-order valence-electron chi connectivity index (χ0n) is 17.5. The molecule has 0 amide bonds. The Hall–Kier alpha value is -3.32. The number of aryl methyl sites for hydroxylation is 1. The molecule has 1 heterocycles. The van der Waals surface area contributed by atoms with Crippen molar-refractivity contribution in [1.29, 1.82) is 5.26 Å². The fourth-order valence-electron chi connectivity index (χ4n) is 3.80. The van der Waals surface area contributed by atoms with Crippen molar-refractivity contribution in [2.75, 3.05) is 11.4 Å². The third-order valence-electron chi connectivity index (χ3n) is 5.47. The average Bonchev–Trinajstić information content (AvgIpc) is 3.18. The first-order valence-corrected chi connectivity index (χ1v) is 10.6. The molecular formula is C26H28N2O2. The molecule has 1 N–H and O–H groups in total. The van der Waals surface area contributed by atoms with Crippen LogP contribution in [-0.4, -0.2) is 17.6 Å². The van der Waals surface area contributed by atoms with Crippen LogP contribution >= 0.6 is 0 Å². The van der Waals surface area contributed by atoms with Crippen LogP contribution in [-0.2, 0) is 17.6 Å². The Kier molecular flexibility index (Phi) is 7.45. The number of carboxylic acid groups (broad SMARTS) is 1. The number of nitriles is 1. The molecule has 154 valence electrons. The first-order valence-electron chi connectivity index (χ1n) is 10.6. The van der Waals surface area contributed by atoms with E-state index in [9.17, 15) is 4.79 Å². The van der Waals surface area contributed by atoms with Crippen molar-refractivity contribution >= 4 is 23.4 Å². The number of fused-ring (bicyclic) bond motifs is 1. The van der Waals surface area contributed by atoms with Gasteiger partial charge in [0, 0.05) is 17.9 Å². The summed E-state index contributed by atoms with van der Waals surface area (Å²) in [4.78, 5) is 13.2. The molecule has 0 spiro atoms. The number of unbranched alkanes of at least 4 members (excludes halogenated alkanes) is 3. The van der Waals surface area contributed by atoms with Gasteiger partial charge in [-0.1, -0.05) is 56.5 Å². The smallest absolute Gasteiger partial charge is 0.346 e. The van der Waals surface area contributed by atoms with Gasteiger partial charge in [-0.2, -0.15) is 5.26 Å². The van der Waals surface area contributed by atoms with Gasteiger partial charge in [0.15, 0.2) is 0 Å². The Morgan fingerprint density at radius 3 is 2.67 bits per heavy atom. The van der Waals surface area contributed by atoms with E-state index in [2.05, 4.69) is 48.2 Å². The van der Waals surface area contributed by atoms with E-state index in [1.54, 1.807) is 12.1 Å². The molecule has 0 aliphatic carbocycles. The molecule has 0 saturated heterocycles. The maximum absolute atomic E-state index is 10.9. The quantitative estimate of drug-likeness (QED) is 0.241. The largest absolute Gasteiger partial charge is 0.477 e. The normalized spacial score (nSPS) is 13.5. The van der Waals surface area contributed by atoms with Gasteiger partial charge in [0.1, 0.15) is 11.6 Å². The molecule has 0 atom stereocenters. The van der Waals surface area contributed by atoms with Gasteiger partial charge in [-0.15, -0.1) is 0 Å². The summed E-state index contributed by atoms with van der Waals surface area (Å²) in [5.41, 5.74) is 5.85. The van der Waals surface area contributed by atoms with Crippen molar-refractivity contribution < 1.29 is 9.90 Å². The highest BCUT2D eigenvalue weighted by Gasteiger charge is 2.20. The van der Waals surface area contributed by atoms with E-state index in [0.717, 1.165) is 24.9 Å². The topological polar surface area (TPSA) is 64.3 Å². The van der Waals surface area contributed by atoms with E-state index >= 15 is 0 Å². The van der Waals surface area contributed by atoms with Gasteiger partial charge >= 0.3 is 5.97 Å². The minimum absolute atomic E-state index is 0.271. The highest BCUT2D eigenvalue weighted by molar-refractivity contribution is 5.91. The number of anilines is 2. The average molecular weight is 401 g/mol. The molecule has 3 rings (SSSR count). The van der Waals surface area contributed by atoms with Crippen LogP contribution in [0.15, 0.2) is 60.2 Å². The van der Waals surface area contributed by atoms with Gasteiger partial charge in [-0.3, -0.25) is 0 Å².